The summed E-state index contributed by atoms with van der Waals surface area (Å²) in [5.74, 6) is 1.72. The lowest BCUT2D eigenvalue weighted by atomic mass is 10.1. The third kappa shape index (κ3) is 7.15. The van der Waals surface area contributed by atoms with Crippen LogP contribution in [0.1, 0.15) is 16.9 Å². The molecule has 1 saturated heterocycles. The van der Waals surface area contributed by atoms with Crippen LogP contribution in [0.4, 0.5) is 5.69 Å². The molecule has 3 rings (SSSR count). The fourth-order valence-corrected chi connectivity index (χ4v) is 3.40. The highest BCUT2D eigenvalue weighted by Gasteiger charge is 2.20. The summed E-state index contributed by atoms with van der Waals surface area (Å²) >= 11 is 0. The Kier molecular flexibility index (Phi) is 9.67. The molecule has 1 N–H and O–H groups in total. The third-order valence-corrected chi connectivity index (χ3v) is 5.53. The van der Waals surface area contributed by atoms with Crippen LogP contribution in [0.25, 0.3) is 0 Å². The second-order valence-corrected chi connectivity index (χ2v) is 7.93. The maximum atomic E-state index is 12.0. The number of hydrogen-bond acceptors (Lipinski definition) is 4. The Morgan fingerprint density at radius 2 is 1.87 bits per heavy atom. The van der Waals surface area contributed by atoms with Crippen LogP contribution in [0.15, 0.2) is 46.0 Å². The van der Waals surface area contributed by atoms with Crippen molar-refractivity contribution in [1.29, 1.82) is 0 Å². The number of likely N-dealkylation sites (N-methyl/N-ethyl adjacent to an activating group) is 1. The van der Waals surface area contributed by atoms with Crippen LogP contribution < -0.4 is 10.2 Å². The molecule has 1 aromatic heterocycles. The topological polar surface area (TPSA) is 64.3 Å². The first-order valence-corrected chi connectivity index (χ1v) is 10.5. The van der Waals surface area contributed by atoms with Gasteiger partial charge in [0.1, 0.15) is 12.3 Å². The summed E-state index contributed by atoms with van der Waals surface area (Å²) in [6.07, 6.45) is 2.46. The van der Waals surface area contributed by atoms with E-state index >= 15 is 0 Å². The number of piperazine rings is 1. The van der Waals surface area contributed by atoms with Crippen molar-refractivity contribution in [3.05, 3.63) is 53.5 Å². The average molecular weight is 539 g/mol. The Hall–Kier alpha value is -2.23. The Morgan fingerprint density at radius 1 is 1.13 bits per heavy atom. The van der Waals surface area contributed by atoms with E-state index in [1.165, 1.54) is 16.8 Å². The summed E-state index contributed by atoms with van der Waals surface area (Å²) in [6.45, 7) is 8.71. The zero-order chi connectivity index (χ0) is 21.5. The SMILES string of the molecule is Cc1ccc(N2CCN(C(=NCC(=O)N(C)C)NCCc3ccco3)CC2)cc1C.I. The fourth-order valence-electron chi connectivity index (χ4n) is 3.40. The number of nitrogens with zero attached hydrogens (tertiary/aromatic N) is 4. The van der Waals surface area contributed by atoms with Crippen LogP contribution in [-0.4, -0.2) is 75.0 Å². The van der Waals surface area contributed by atoms with Crippen molar-refractivity contribution >= 4 is 41.5 Å². The second kappa shape index (κ2) is 12.0. The van der Waals surface area contributed by atoms with Crippen molar-refractivity contribution in [1.82, 2.24) is 15.1 Å². The minimum Gasteiger partial charge on any atom is -0.469 e. The Balaban J connectivity index is 0.00000341. The summed E-state index contributed by atoms with van der Waals surface area (Å²) in [5, 5.41) is 3.42. The predicted molar refractivity (Wildman–Crippen MR) is 137 cm³/mol. The molecule has 31 heavy (non-hydrogen) atoms. The lowest BCUT2D eigenvalue weighted by Crippen LogP contribution is -2.53. The molecule has 1 fully saturated rings. The minimum atomic E-state index is -0.00546. The molecular weight excluding hydrogens is 505 g/mol. The van der Waals surface area contributed by atoms with E-state index in [-0.39, 0.29) is 36.4 Å². The van der Waals surface area contributed by atoms with Crippen LogP contribution in [0.3, 0.4) is 0 Å². The molecule has 8 heteroatoms. The number of benzene rings is 1. The second-order valence-electron chi connectivity index (χ2n) is 7.93. The smallest absolute Gasteiger partial charge is 0.243 e. The van der Waals surface area contributed by atoms with Crippen LogP contribution in [-0.2, 0) is 11.2 Å². The minimum absolute atomic E-state index is 0. The largest absolute Gasteiger partial charge is 0.469 e. The van der Waals surface area contributed by atoms with Gasteiger partial charge in [-0.3, -0.25) is 4.79 Å². The number of carbonyl (C=O) groups is 1. The third-order valence-electron chi connectivity index (χ3n) is 5.53. The van der Waals surface area contributed by atoms with Gasteiger partial charge < -0.3 is 24.4 Å². The van der Waals surface area contributed by atoms with Crippen LogP contribution in [0.2, 0.25) is 0 Å². The molecule has 0 aliphatic carbocycles. The highest BCUT2D eigenvalue weighted by Crippen LogP contribution is 2.20. The number of carbonyl (C=O) groups excluding carboxylic acids is 1. The van der Waals surface area contributed by atoms with Gasteiger partial charge in [-0.15, -0.1) is 24.0 Å². The van der Waals surface area contributed by atoms with Gasteiger partial charge in [-0.25, -0.2) is 4.99 Å². The van der Waals surface area contributed by atoms with E-state index in [2.05, 4.69) is 52.2 Å². The molecule has 1 amide bonds. The fraction of sp³-hybridized carbons (Fsp3) is 0.478. The summed E-state index contributed by atoms with van der Waals surface area (Å²) in [5.41, 5.74) is 3.90. The Bertz CT molecular complexity index is 859. The molecule has 0 unspecified atom stereocenters. The van der Waals surface area contributed by atoms with Crippen molar-refractivity contribution < 1.29 is 9.21 Å². The number of halogens is 1. The maximum absolute atomic E-state index is 12.0. The van der Waals surface area contributed by atoms with Gasteiger partial charge in [0.2, 0.25) is 5.91 Å². The number of hydrogen-bond donors (Lipinski definition) is 1. The van der Waals surface area contributed by atoms with Gasteiger partial charge in [0.15, 0.2) is 5.96 Å². The van der Waals surface area contributed by atoms with Crippen molar-refractivity contribution in [3.63, 3.8) is 0 Å². The number of guanidine groups is 1. The van der Waals surface area contributed by atoms with Gasteiger partial charge in [-0.2, -0.15) is 0 Å². The van der Waals surface area contributed by atoms with E-state index in [0.717, 1.165) is 44.3 Å². The first-order chi connectivity index (χ1) is 14.4. The first kappa shape index (κ1) is 25.0. The summed E-state index contributed by atoms with van der Waals surface area (Å²) < 4.78 is 5.41. The Labute approximate surface area is 202 Å². The van der Waals surface area contributed by atoms with E-state index in [1.54, 1.807) is 25.3 Å². The van der Waals surface area contributed by atoms with E-state index in [0.29, 0.717) is 6.54 Å². The number of rotatable bonds is 6. The summed E-state index contributed by atoms with van der Waals surface area (Å²) in [6, 6.07) is 10.5. The standard InChI is InChI=1S/C23H33N5O2.HI/c1-18-7-8-20(16-19(18)2)27-11-13-28(14-12-27)23(25-17-22(29)26(3)4)24-10-9-21-6-5-15-30-21;/h5-8,15-16H,9-14,17H2,1-4H3,(H,24,25);1H. The van der Waals surface area contributed by atoms with Crippen LogP contribution >= 0.6 is 24.0 Å². The number of amides is 1. The van der Waals surface area contributed by atoms with Crippen LogP contribution in [0, 0.1) is 13.8 Å². The highest BCUT2D eigenvalue weighted by molar-refractivity contribution is 14.0. The van der Waals surface area contributed by atoms with E-state index in [4.69, 9.17) is 4.42 Å². The predicted octanol–water partition coefficient (Wildman–Crippen LogP) is 2.91. The van der Waals surface area contributed by atoms with E-state index < -0.39 is 0 Å². The van der Waals surface area contributed by atoms with Gasteiger partial charge in [-0.1, -0.05) is 6.07 Å². The van der Waals surface area contributed by atoms with Gasteiger partial charge in [0, 0.05) is 58.9 Å². The number of nitrogens with one attached hydrogen (secondary N) is 1. The molecule has 1 aliphatic heterocycles. The van der Waals surface area contributed by atoms with Crippen LogP contribution in [0.5, 0.6) is 0 Å². The van der Waals surface area contributed by atoms with E-state index in [1.807, 2.05) is 12.1 Å². The van der Waals surface area contributed by atoms with Gasteiger partial charge in [-0.05, 0) is 49.2 Å². The number of furan rings is 1. The van der Waals surface area contributed by atoms with Crippen molar-refractivity contribution in [2.45, 2.75) is 20.3 Å². The summed E-state index contributed by atoms with van der Waals surface area (Å²) in [7, 11) is 3.51. The van der Waals surface area contributed by atoms with E-state index in [9.17, 15) is 4.79 Å². The lowest BCUT2D eigenvalue weighted by Gasteiger charge is -2.38. The highest BCUT2D eigenvalue weighted by atomic mass is 127. The van der Waals surface area contributed by atoms with Crippen molar-refractivity contribution in [2.24, 2.45) is 4.99 Å². The molecule has 0 bridgehead atoms. The summed E-state index contributed by atoms with van der Waals surface area (Å²) in [4.78, 5) is 22.9. The molecule has 0 atom stereocenters. The van der Waals surface area contributed by atoms with Crippen molar-refractivity contribution in [2.75, 3.05) is 58.3 Å². The molecule has 2 heterocycles. The molecule has 1 aromatic carbocycles. The first-order valence-electron chi connectivity index (χ1n) is 10.5. The quantitative estimate of drug-likeness (QED) is 0.348. The molecule has 1 aliphatic rings. The average Bonchev–Trinajstić information content (AvgIpc) is 3.26. The number of anilines is 1. The molecule has 0 spiro atoms. The van der Waals surface area contributed by atoms with Gasteiger partial charge >= 0.3 is 0 Å². The molecule has 170 valence electrons. The van der Waals surface area contributed by atoms with Crippen molar-refractivity contribution in [3.8, 4) is 0 Å². The number of aliphatic imine (C=N–C) groups is 1. The molecule has 0 saturated carbocycles. The zero-order valence-electron chi connectivity index (χ0n) is 18.9. The van der Waals surface area contributed by atoms with Gasteiger partial charge in [0.05, 0.1) is 6.26 Å². The monoisotopic (exact) mass is 539 g/mol. The van der Waals surface area contributed by atoms with Gasteiger partial charge in [0.25, 0.3) is 0 Å². The maximum Gasteiger partial charge on any atom is 0.243 e. The molecule has 7 nitrogen and oxygen atoms in total. The molecule has 2 aromatic rings. The Morgan fingerprint density at radius 3 is 2.48 bits per heavy atom. The zero-order valence-corrected chi connectivity index (χ0v) is 21.3. The normalized spacial score (nSPS) is 14.3. The lowest BCUT2D eigenvalue weighted by molar-refractivity contribution is -0.127. The number of aryl methyl sites for hydroxylation is 2. The molecule has 0 radical (unpaired) electrons. The molecular formula is C23H34IN5O2.